The van der Waals surface area contributed by atoms with Gasteiger partial charge in [-0.25, -0.2) is 10.5 Å². The summed E-state index contributed by atoms with van der Waals surface area (Å²) < 4.78 is 5.92. The zero-order valence-corrected chi connectivity index (χ0v) is 16.6. The maximum Gasteiger partial charge on any atom is 0.272 e. The lowest BCUT2D eigenvalue weighted by atomic mass is 9.93. The predicted octanol–water partition coefficient (Wildman–Crippen LogP) is 2.31. The Balaban J connectivity index is 2.23. The van der Waals surface area contributed by atoms with E-state index in [1.807, 2.05) is 27.7 Å². The predicted molar refractivity (Wildman–Crippen MR) is 97.8 cm³/mol. The molecule has 1 aliphatic heterocycles. The average molecular weight is 381 g/mol. The fraction of sp³-hybridized carbons (Fsp3) is 0.737. The van der Waals surface area contributed by atoms with Gasteiger partial charge in [-0.05, 0) is 19.3 Å². The Morgan fingerprint density at radius 1 is 1.44 bits per heavy atom. The molecule has 3 unspecified atom stereocenters. The van der Waals surface area contributed by atoms with E-state index >= 15 is 0 Å². The minimum absolute atomic E-state index is 0.183. The molecule has 2 heterocycles. The highest BCUT2D eigenvalue weighted by Gasteiger charge is 2.40. The van der Waals surface area contributed by atoms with Crippen molar-refractivity contribution in [1.82, 2.24) is 15.4 Å². The molecule has 3 N–H and O–H groups in total. The molecule has 1 aromatic heterocycles. The van der Waals surface area contributed by atoms with Crippen molar-refractivity contribution in [1.29, 1.82) is 0 Å². The second-order valence-electron chi connectivity index (χ2n) is 8.17. The summed E-state index contributed by atoms with van der Waals surface area (Å²) in [4.78, 5) is 30.8. The van der Waals surface area contributed by atoms with Crippen molar-refractivity contribution < 1.29 is 24.3 Å². The molecule has 0 saturated carbocycles. The van der Waals surface area contributed by atoms with Gasteiger partial charge in [-0.3, -0.25) is 14.8 Å². The highest BCUT2D eigenvalue weighted by atomic mass is 16.5. The Morgan fingerprint density at radius 2 is 2.15 bits per heavy atom. The van der Waals surface area contributed by atoms with Gasteiger partial charge < -0.3 is 14.4 Å². The lowest BCUT2D eigenvalue weighted by molar-refractivity contribution is -0.151. The number of hydroxylamine groups is 1. The normalized spacial score (nSPS) is 19.8. The topological polar surface area (TPSA) is 116 Å². The molecule has 8 heteroatoms. The molecule has 1 saturated heterocycles. The molecule has 1 fully saturated rings. The van der Waals surface area contributed by atoms with E-state index in [0.717, 1.165) is 25.0 Å². The Hall–Kier alpha value is -1.93. The summed E-state index contributed by atoms with van der Waals surface area (Å²) in [5.41, 5.74) is 1.26. The Labute approximate surface area is 159 Å². The van der Waals surface area contributed by atoms with Crippen LogP contribution in [-0.2, 0) is 15.0 Å². The van der Waals surface area contributed by atoms with Crippen LogP contribution in [0.4, 0.5) is 0 Å². The molecule has 0 radical (unpaired) electrons. The van der Waals surface area contributed by atoms with E-state index in [9.17, 15) is 14.7 Å². The number of aromatic nitrogens is 1. The number of hydrogen-bond donors (Lipinski definition) is 3. The second-order valence-corrected chi connectivity index (χ2v) is 8.17. The standard InChI is InChI=1S/C19H31N3O5/c1-5-6-8-12(15(23)16(24)21-26)18(25)22-10-7-9-13(22)17-20-11-14(27-17)19(2,3)4/h11-13,15,23,26H,5-10H2,1-4H3,(H,21,24). The van der Waals surface area contributed by atoms with Gasteiger partial charge in [-0.1, -0.05) is 40.5 Å². The van der Waals surface area contributed by atoms with Crippen molar-refractivity contribution >= 4 is 11.8 Å². The Morgan fingerprint density at radius 3 is 2.70 bits per heavy atom. The molecule has 0 bridgehead atoms. The number of amides is 2. The van der Waals surface area contributed by atoms with Crippen LogP contribution in [0.3, 0.4) is 0 Å². The van der Waals surface area contributed by atoms with Crippen molar-refractivity contribution in [3.63, 3.8) is 0 Å². The maximum absolute atomic E-state index is 13.1. The van der Waals surface area contributed by atoms with Crippen LogP contribution in [0.25, 0.3) is 0 Å². The molecule has 152 valence electrons. The molecule has 1 aliphatic rings. The third-order valence-corrected chi connectivity index (χ3v) is 5.03. The van der Waals surface area contributed by atoms with Crippen LogP contribution in [0.1, 0.15) is 77.5 Å². The number of unbranched alkanes of at least 4 members (excludes halogenated alkanes) is 1. The SMILES string of the molecule is CCCCC(C(=O)N1CCCC1c1ncc(C(C)(C)C)o1)C(O)C(=O)NO. The van der Waals surface area contributed by atoms with Gasteiger partial charge in [-0.15, -0.1) is 0 Å². The lowest BCUT2D eigenvalue weighted by Gasteiger charge is -2.29. The third-order valence-electron chi connectivity index (χ3n) is 5.03. The average Bonchev–Trinajstić information content (AvgIpc) is 3.29. The number of carbonyl (C=O) groups is 2. The minimum atomic E-state index is -1.59. The van der Waals surface area contributed by atoms with E-state index in [1.54, 1.807) is 11.1 Å². The van der Waals surface area contributed by atoms with Crippen molar-refractivity contribution in [2.45, 2.75) is 77.4 Å². The number of aliphatic hydroxyl groups is 1. The van der Waals surface area contributed by atoms with Crippen LogP contribution < -0.4 is 5.48 Å². The Kier molecular flexibility index (Phi) is 7.00. The fourth-order valence-electron chi connectivity index (χ4n) is 3.38. The summed E-state index contributed by atoms with van der Waals surface area (Å²) in [6.45, 7) is 8.57. The van der Waals surface area contributed by atoms with Gasteiger partial charge in [0.25, 0.3) is 5.91 Å². The molecule has 2 amide bonds. The first-order valence-electron chi connectivity index (χ1n) is 9.59. The summed E-state index contributed by atoms with van der Waals surface area (Å²) >= 11 is 0. The largest absolute Gasteiger partial charge is 0.443 e. The number of aliphatic hydroxyl groups excluding tert-OH is 1. The highest BCUT2D eigenvalue weighted by molar-refractivity contribution is 5.89. The second kappa shape index (κ2) is 8.84. The van der Waals surface area contributed by atoms with Crippen molar-refractivity contribution in [3.8, 4) is 0 Å². The van der Waals surface area contributed by atoms with E-state index in [4.69, 9.17) is 9.62 Å². The number of nitrogens with zero attached hydrogens (tertiary/aromatic N) is 2. The molecule has 0 aromatic carbocycles. The van der Waals surface area contributed by atoms with Gasteiger partial charge in [-0.2, -0.15) is 0 Å². The number of nitrogens with one attached hydrogen (secondary N) is 1. The summed E-state index contributed by atoms with van der Waals surface area (Å²) in [7, 11) is 0. The summed E-state index contributed by atoms with van der Waals surface area (Å²) in [6, 6.07) is -0.304. The molecule has 1 aromatic rings. The van der Waals surface area contributed by atoms with Gasteiger partial charge in [0.05, 0.1) is 12.1 Å². The smallest absolute Gasteiger partial charge is 0.272 e. The minimum Gasteiger partial charge on any atom is -0.443 e. The van der Waals surface area contributed by atoms with Crippen LogP contribution >= 0.6 is 0 Å². The summed E-state index contributed by atoms with van der Waals surface area (Å²) in [5, 5.41) is 19.1. The zero-order valence-electron chi connectivity index (χ0n) is 16.6. The van der Waals surface area contributed by atoms with Crippen molar-refractivity contribution in [3.05, 3.63) is 17.8 Å². The molecular weight excluding hydrogens is 350 g/mol. The van der Waals surface area contributed by atoms with E-state index in [1.165, 1.54) is 5.48 Å². The van der Waals surface area contributed by atoms with E-state index in [2.05, 4.69) is 4.98 Å². The van der Waals surface area contributed by atoms with Gasteiger partial charge in [0, 0.05) is 12.0 Å². The quantitative estimate of drug-likeness (QED) is 0.493. The number of carbonyl (C=O) groups excluding carboxylic acids is 2. The molecule has 0 spiro atoms. The first-order chi connectivity index (χ1) is 12.7. The third kappa shape index (κ3) is 4.87. The summed E-state index contributed by atoms with van der Waals surface area (Å²) in [6.07, 6.45) is 3.51. The lowest BCUT2D eigenvalue weighted by Crippen LogP contribution is -2.46. The highest BCUT2D eigenvalue weighted by Crippen LogP contribution is 2.35. The van der Waals surface area contributed by atoms with Gasteiger partial charge in [0.1, 0.15) is 17.9 Å². The monoisotopic (exact) mass is 381 g/mol. The molecule has 8 nitrogen and oxygen atoms in total. The van der Waals surface area contributed by atoms with Crippen LogP contribution in [-0.4, -0.2) is 44.7 Å². The Bertz CT molecular complexity index is 652. The number of likely N-dealkylation sites (tertiary alicyclic amines) is 1. The van der Waals surface area contributed by atoms with Crippen molar-refractivity contribution in [2.75, 3.05) is 6.54 Å². The first-order valence-corrected chi connectivity index (χ1v) is 9.59. The van der Waals surface area contributed by atoms with Gasteiger partial charge >= 0.3 is 0 Å². The van der Waals surface area contributed by atoms with Crippen molar-refractivity contribution in [2.24, 2.45) is 5.92 Å². The summed E-state index contributed by atoms with van der Waals surface area (Å²) in [5.74, 6) is -0.946. The maximum atomic E-state index is 13.1. The van der Waals surface area contributed by atoms with E-state index in [0.29, 0.717) is 25.3 Å². The first kappa shape index (κ1) is 21.4. The van der Waals surface area contributed by atoms with Crippen LogP contribution in [0.15, 0.2) is 10.6 Å². The fourth-order valence-corrected chi connectivity index (χ4v) is 3.38. The van der Waals surface area contributed by atoms with Crippen LogP contribution in [0.2, 0.25) is 0 Å². The number of oxazole rings is 1. The van der Waals surface area contributed by atoms with Gasteiger partial charge in [0.2, 0.25) is 11.8 Å². The van der Waals surface area contributed by atoms with Crippen LogP contribution in [0, 0.1) is 5.92 Å². The van der Waals surface area contributed by atoms with E-state index < -0.39 is 17.9 Å². The molecular formula is C19H31N3O5. The zero-order chi connectivity index (χ0) is 20.2. The van der Waals surface area contributed by atoms with Gasteiger partial charge in [0.15, 0.2) is 0 Å². The molecule has 27 heavy (non-hydrogen) atoms. The number of rotatable bonds is 7. The van der Waals surface area contributed by atoms with E-state index in [-0.39, 0.29) is 17.4 Å². The van der Waals surface area contributed by atoms with Crippen LogP contribution in [0.5, 0.6) is 0 Å². The number of hydrogen-bond acceptors (Lipinski definition) is 6. The molecule has 0 aliphatic carbocycles. The molecule has 2 rings (SSSR count). The molecule has 3 atom stereocenters.